The number of benzene rings is 2. The van der Waals surface area contributed by atoms with Gasteiger partial charge in [0.25, 0.3) is 0 Å². The molecule has 0 heterocycles. The topological polar surface area (TPSA) is 3.24 Å². The molecule has 0 bridgehead atoms. The Labute approximate surface area is 164 Å². The Morgan fingerprint density at radius 3 is 2.37 bits per heavy atom. The van der Waals surface area contributed by atoms with Crippen LogP contribution in [-0.4, -0.2) is 6.54 Å². The van der Waals surface area contributed by atoms with Crippen molar-refractivity contribution in [2.24, 2.45) is 11.3 Å². The monoisotopic (exact) mass is 357 g/mol. The highest BCUT2D eigenvalue weighted by Gasteiger charge is 2.15. The first kappa shape index (κ1) is 19.2. The van der Waals surface area contributed by atoms with Gasteiger partial charge in [-0.1, -0.05) is 82.3 Å². The average molecular weight is 358 g/mol. The summed E-state index contributed by atoms with van der Waals surface area (Å²) in [6, 6.07) is 17.5. The van der Waals surface area contributed by atoms with E-state index in [1.54, 1.807) is 0 Å². The summed E-state index contributed by atoms with van der Waals surface area (Å²) in [5, 5.41) is 0. The third kappa shape index (κ3) is 4.80. The van der Waals surface area contributed by atoms with Gasteiger partial charge in [0.15, 0.2) is 0 Å². The smallest absolute Gasteiger partial charge is 0.0440 e. The molecule has 0 atom stereocenters. The Bertz CT molecular complexity index is 866. The summed E-state index contributed by atoms with van der Waals surface area (Å²) in [6.45, 7) is 12.2. The van der Waals surface area contributed by atoms with Crippen LogP contribution in [0.2, 0.25) is 0 Å². The maximum absolute atomic E-state index is 2.43. The van der Waals surface area contributed by atoms with Crippen molar-refractivity contribution in [2.45, 2.75) is 34.6 Å². The zero-order valence-electron chi connectivity index (χ0n) is 17.2. The zero-order valence-corrected chi connectivity index (χ0v) is 17.2. The summed E-state index contributed by atoms with van der Waals surface area (Å²) >= 11 is 0. The van der Waals surface area contributed by atoms with Crippen LogP contribution in [0.15, 0.2) is 78.9 Å². The summed E-state index contributed by atoms with van der Waals surface area (Å²) in [5.74, 6) is 0.587. The number of para-hydroxylation sites is 1. The van der Waals surface area contributed by atoms with E-state index >= 15 is 0 Å². The van der Waals surface area contributed by atoms with Gasteiger partial charge in [-0.05, 0) is 53.8 Å². The van der Waals surface area contributed by atoms with Gasteiger partial charge in [-0.25, -0.2) is 0 Å². The first-order valence-electron chi connectivity index (χ1n) is 9.88. The van der Waals surface area contributed by atoms with Crippen molar-refractivity contribution in [3.05, 3.63) is 90.0 Å². The molecule has 0 saturated carbocycles. The Morgan fingerprint density at radius 1 is 0.963 bits per heavy atom. The molecule has 0 unspecified atom stereocenters. The highest BCUT2D eigenvalue weighted by Crippen LogP contribution is 2.33. The second kappa shape index (κ2) is 8.00. The zero-order chi connectivity index (χ0) is 19.4. The molecule has 0 fully saturated rings. The first-order valence-corrected chi connectivity index (χ1v) is 9.88. The summed E-state index contributed by atoms with van der Waals surface area (Å²) in [5.41, 5.74) is 6.48. The van der Waals surface area contributed by atoms with Crippen molar-refractivity contribution >= 4 is 16.9 Å². The lowest BCUT2D eigenvalue weighted by Gasteiger charge is -2.29. The Morgan fingerprint density at radius 2 is 1.70 bits per heavy atom. The summed E-state index contributed by atoms with van der Waals surface area (Å²) < 4.78 is 0. The fourth-order valence-electron chi connectivity index (χ4n) is 3.46. The highest BCUT2D eigenvalue weighted by atomic mass is 15.1. The number of anilines is 2. The second-order valence-electron chi connectivity index (χ2n) is 8.48. The van der Waals surface area contributed by atoms with Gasteiger partial charge < -0.3 is 4.90 Å². The van der Waals surface area contributed by atoms with E-state index in [2.05, 4.69) is 118 Å². The minimum absolute atomic E-state index is 0.106. The molecule has 1 aliphatic carbocycles. The van der Waals surface area contributed by atoms with Crippen molar-refractivity contribution in [1.82, 2.24) is 0 Å². The second-order valence-corrected chi connectivity index (χ2v) is 8.48. The number of nitrogens with zero attached hydrogens (tertiary/aromatic N) is 1. The third-order valence-corrected chi connectivity index (χ3v) is 4.93. The molecule has 140 valence electrons. The van der Waals surface area contributed by atoms with Gasteiger partial charge in [0, 0.05) is 23.3 Å². The van der Waals surface area contributed by atoms with E-state index in [0.717, 1.165) is 6.54 Å². The highest BCUT2D eigenvalue weighted by molar-refractivity contribution is 5.78. The lowest BCUT2D eigenvalue weighted by atomic mass is 9.92. The van der Waals surface area contributed by atoms with E-state index in [4.69, 9.17) is 0 Å². The maximum Gasteiger partial charge on any atom is 0.0440 e. The molecule has 1 nitrogen and oxygen atoms in total. The fourth-order valence-corrected chi connectivity index (χ4v) is 3.46. The minimum atomic E-state index is 0.106. The van der Waals surface area contributed by atoms with Crippen molar-refractivity contribution < 1.29 is 0 Å². The molecule has 0 spiro atoms. The summed E-state index contributed by atoms with van der Waals surface area (Å²) in [4.78, 5) is 2.43. The van der Waals surface area contributed by atoms with Gasteiger partial charge in [-0.15, -0.1) is 0 Å². The summed E-state index contributed by atoms with van der Waals surface area (Å²) in [6.07, 6.45) is 11.2. The molecule has 3 rings (SSSR count). The quantitative estimate of drug-likeness (QED) is 0.541. The van der Waals surface area contributed by atoms with Crippen LogP contribution in [0, 0.1) is 18.3 Å². The predicted molar refractivity (Wildman–Crippen MR) is 120 cm³/mol. The molecule has 2 aromatic rings. The normalized spacial score (nSPS) is 15.6. The molecule has 27 heavy (non-hydrogen) atoms. The molecule has 1 heteroatoms. The van der Waals surface area contributed by atoms with Crippen molar-refractivity contribution in [1.29, 1.82) is 0 Å². The minimum Gasteiger partial charge on any atom is -0.341 e. The predicted octanol–water partition coefficient (Wildman–Crippen LogP) is 7.32. The molecule has 0 amide bonds. The van der Waals surface area contributed by atoms with Crippen LogP contribution >= 0.6 is 0 Å². The maximum atomic E-state index is 2.43. The van der Waals surface area contributed by atoms with Crippen LogP contribution in [-0.2, 0) is 0 Å². The van der Waals surface area contributed by atoms with E-state index in [1.807, 2.05) is 0 Å². The van der Waals surface area contributed by atoms with Gasteiger partial charge in [0.1, 0.15) is 0 Å². The molecule has 2 aromatic carbocycles. The van der Waals surface area contributed by atoms with Crippen LogP contribution in [0.1, 0.15) is 38.8 Å². The van der Waals surface area contributed by atoms with Gasteiger partial charge in [0.2, 0.25) is 0 Å². The molecular formula is C26H31N. The van der Waals surface area contributed by atoms with Gasteiger partial charge in [-0.2, -0.15) is 0 Å². The lowest BCUT2D eigenvalue weighted by molar-refractivity contribution is 0.627. The SMILES string of the molecule is Cc1cc(C2=CC=CC(C)(C)C=C2)ccc1N(CC(C)C)c1ccccc1. The standard InChI is InChI=1S/C26H31N/c1-20(2)19-27(24-11-7-6-8-12-24)25-14-13-23(18-21(25)3)22-10-9-16-26(4,5)17-15-22/h6-18,20H,19H2,1-5H3. The fraction of sp³-hybridized carbons (Fsp3) is 0.308. The Kier molecular flexibility index (Phi) is 5.70. The van der Waals surface area contributed by atoms with Gasteiger partial charge in [0.05, 0.1) is 0 Å². The van der Waals surface area contributed by atoms with Crippen LogP contribution in [0.3, 0.4) is 0 Å². The molecule has 0 saturated heterocycles. The van der Waals surface area contributed by atoms with E-state index in [0.29, 0.717) is 5.92 Å². The number of hydrogen-bond donors (Lipinski definition) is 0. The lowest BCUT2D eigenvalue weighted by Crippen LogP contribution is -2.23. The van der Waals surface area contributed by atoms with Crippen molar-refractivity contribution in [3.8, 4) is 0 Å². The van der Waals surface area contributed by atoms with Crippen LogP contribution in [0.4, 0.5) is 11.4 Å². The average Bonchev–Trinajstić information content (AvgIpc) is 2.81. The first-order chi connectivity index (χ1) is 12.9. The number of rotatable bonds is 5. The number of hydrogen-bond acceptors (Lipinski definition) is 1. The molecular weight excluding hydrogens is 326 g/mol. The number of aryl methyl sites for hydroxylation is 1. The van der Waals surface area contributed by atoms with E-state index in [-0.39, 0.29) is 5.41 Å². The Balaban J connectivity index is 1.96. The molecule has 0 aromatic heterocycles. The Hall–Kier alpha value is -2.54. The molecule has 1 aliphatic rings. The van der Waals surface area contributed by atoms with Gasteiger partial charge in [-0.3, -0.25) is 0 Å². The molecule has 0 aliphatic heterocycles. The largest absolute Gasteiger partial charge is 0.341 e. The molecule has 0 radical (unpaired) electrons. The van der Waals surface area contributed by atoms with Crippen molar-refractivity contribution in [2.75, 3.05) is 11.4 Å². The van der Waals surface area contributed by atoms with E-state index < -0.39 is 0 Å². The van der Waals surface area contributed by atoms with E-state index in [1.165, 1.54) is 28.1 Å². The summed E-state index contributed by atoms with van der Waals surface area (Å²) in [7, 11) is 0. The van der Waals surface area contributed by atoms with Gasteiger partial charge >= 0.3 is 0 Å². The van der Waals surface area contributed by atoms with Crippen LogP contribution in [0.5, 0.6) is 0 Å². The third-order valence-electron chi connectivity index (χ3n) is 4.93. The molecule has 0 N–H and O–H groups in total. The van der Waals surface area contributed by atoms with Crippen molar-refractivity contribution in [3.63, 3.8) is 0 Å². The number of allylic oxidation sites excluding steroid dienone is 6. The van der Waals surface area contributed by atoms with E-state index in [9.17, 15) is 0 Å². The van der Waals surface area contributed by atoms with Crippen LogP contribution < -0.4 is 4.90 Å². The van der Waals surface area contributed by atoms with Crippen LogP contribution in [0.25, 0.3) is 5.57 Å².